The van der Waals surface area contributed by atoms with Crippen molar-refractivity contribution < 1.29 is 18.4 Å². The minimum absolute atomic E-state index is 0.0664. The molecule has 31 heavy (non-hydrogen) atoms. The quantitative estimate of drug-likeness (QED) is 0.329. The van der Waals surface area contributed by atoms with Crippen LogP contribution < -0.4 is 10.5 Å². The van der Waals surface area contributed by atoms with Crippen LogP contribution in [0.1, 0.15) is 13.8 Å². The third kappa shape index (κ3) is 5.75. The molecule has 2 aromatic heterocycles. The lowest BCUT2D eigenvalue weighted by Crippen LogP contribution is -2.23. The largest absolute Gasteiger partial charge is 0.497 e. The summed E-state index contributed by atoms with van der Waals surface area (Å²) >= 11 is 1.40. The van der Waals surface area contributed by atoms with Crippen molar-refractivity contribution in [1.29, 1.82) is 0 Å². The monoisotopic (exact) mass is 467 g/mol. The Kier molecular flexibility index (Phi) is 7.91. The molecule has 2 heterocycles. The van der Waals surface area contributed by atoms with Gasteiger partial charge in [-0.05, 0) is 24.3 Å². The number of imidazole rings is 1. The molecule has 1 aromatic carbocycles. The molecule has 0 aliphatic heterocycles. The second-order valence-corrected chi connectivity index (χ2v) is 11.7. The molecule has 168 valence electrons. The maximum absolute atomic E-state index is 13.6. The van der Waals surface area contributed by atoms with Crippen LogP contribution in [-0.4, -0.2) is 58.1 Å². The highest BCUT2D eigenvalue weighted by Crippen LogP contribution is 2.44. The van der Waals surface area contributed by atoms with Gasteiger partial charge in [-0.1, -0.05) is 25.6 Å². The number of benzene rings is 1. The first-order valence-corrected chi connectivity index (χ1v) is 13.0. The lowest BCUT2D eigenvalue weighted by Gasteiger charge is -2.20. The number of alkyl halides is 1. The second-order valence-electron chi connectivity index (χ2n) is 7.00. The van der Waals surface area contributed by atoms with E-state index < -0.39 is 19.9 Å². The molecular formula is C20H27FN5O3PS. The molecule has 0 aliphatic rings. The predicted molar refractivity (Wildman–Crippen MR) is 121 cm³/mol. The van der Waals surface area contributed by atoms with E-state index in [-0.39, 0.29) is 18.8 Å². The maximum Gasteiger partial charge on any atom is 0.223 e. The van der Waals surface area contributed by atoms with Gasteiger partial charge in [-0.3, -0.25) is 0 Å². The fraction of sp³-hybridized carbons (Fsp3) is 0.450. The molecule has 0 saturated heterocycles. The molecule has 0 fully saturated rings. The Morgan fingerprint density at radius 3 is 2.55 bits per heavy atom. The number of ether oxygens (including phenoxy) is 2. The predicted octanol–water partition coefficient (Wildman–Crippen LogP) is 4.28. The Morgan fingerprint density at radius 2 is 1.94 bits per heavy atom. The number of anilines is 1. The zero-order valence-electron chi connectivity index (χ0n) is 17.8. The van der Waals surface area contributed by atoms with E-state index in [9.17, 15) is 8.96 Å². The van der Waals surface area contributed by atoms with Crippen LogP contribution in [0, 0.1) is 0 Å². The smallest absolute Gasteiger partial charge is 0.223 e. The van der Waals surface area contributed by atoms with E-state index in [1.165, 1.54) is 11.8 Å². The lowest BCUT2D eigenvalue weighted by molar-refractivity contribution is 0.0521. The molecule has 0 unspecified atom stereocenters. The van der Waals surface area contributed by atoms with Crippen molar-refractivity contribution >= 4 is 36.0 Å². The van der Waals surface area contributed by atoms with Crippen LogP contribution in [0.3, 0.4) is 0 Å². The van der Waals surface area contributed by atoms with Gasteiger partial charge in [0.1, 0.15) is 42.6 Å². The number of nitrogens with two attached hydrogens (primary N) is 1. The molecule has 8 nitrogen and oxygen atoms in total. The topological polar surface area (TPSA) is 105 Å². The van der Waals surface area contributed by atoms with Crippen molar-refractivity contribution in [2.24, 2.45) is 0 Å². The summed E-state index contributed by atoms with van der Waals surface area (Å²) in [5, 5.41) is 0.602. The molecule has 2 N–H and O–H groups in total. The van der Waals surface area contributed by atoms with E-state index in [2.05, 4.69) is 15.0 Å². The van der Waals surface area contributed by atoms with Gasteiger partial charge in [0, 0.05) is 17.2 Å². The highest BCUT2D eigenvalue weighted by atomic mass is 32.2. The van der Waals surface area contributed by atoms with Gasteiger partial charge in [-0.2, -0.15) is 4.98 Å². The first kappa shape index (κ1) is 23.5. The van der Waals surface area contributed by atoms with Crippen LogP contribution in [-0.2, 0) is 15.8 Å². The highest BCUT2D eigenvalue weighted by molar-refractivity contribution is 7.99. The zero-order valence-corrected chi connectivity index (χ0v) is 19.5. The number of rotatable bonds is 11. The van der Waals surface area contributed by atoms with Crippen LogP contribution in [0.25, 0.3) is 11.2 Å². The molecule has 0 radical (unpaired) electrons. The van der Waals surface area contributed by atoms with Crippen molar-refractivity contribution in [3.05, 3.63) is 30.6 Å². The Bertz CT molecular complexity index is 1050. The fourth-order valence-corrected chi connectivity index (χ4v) is 5.08. The van der Waals surface area contributed by atoms with Gasteiger partial charge in [0.25, 0.3) is 0 Å². The Labute approximate surface area is 185 Å². The van der Waals surface area contributed by atoms with E-state index in [4.69, 9.17) is 15.2 Å². The van der Waals surface area contributed by atoms with Crippen LogP contribution in [0.15, 0.2) is 40.5 Å². The summed E-state index contributed by atoms with van der Waals surface area (Å²) in [5.74, 6) is 0.860. The van der Waals surface area contributed by atoms with E-state index in [0.717, 1.165) is 10.6 Å². The van der Waals surface area contributed by atoms with Crippen molar-refractivity contribution in [3.8, 4) is 5.75 Å². The first-order chi connectivity index (χ1) is 14.9. The van der Waals surface area contributed by atoms with Gasteiger partial charge in [-0.15, -0.1) is 0 Å². The third-order valence-corrected chi connectivity index (χ3v) is 8.90. The number of methoxy groups -OCH3 is 1. The second kappa shape index (κ2) is 10.4. The maximum atomic E-state index is 13.6. The number of nitrogen functional groups attached to an aromatic ring is 1. The van der Waals surface area contributed by atoms with E-state index >= 15 is 0 Å². The standard InChI is InChI=1S/C20H27FN5O3PS/c1-4-30(27,5-2)13-29-15(10-21)11-26-12-23-17-18(26)24-20(22)25-19(17)31-16-8-6-14(28-3)7-9-16/h6-9,12,15H,4-5,10-11,13H2,1-3H3,(H2,22,24,25)/t15-/m1/s1. The summed E-state index contributed by atoms with van der Waals surface area (Å²) in [7, 11) is -0.806. The number of hydrogen-bond donors (Lipinski definition) is 1. The van der Waals surface area contributed by atoms with Gasteiger partial charge in [0.15, 0.2) is 5.65 Å². The molecule has 11 heteroatoms. The molecule has 0 bridgehead atoms. The molecular weight excluding hydrogens is 440 g/mol. The summed E-state index contributed by atoms with van der Waals surface area (Å²) in [6, 6.07) is 7.54. The molecule has 0 spiro atoms. The SMILES string of the molecule is CCP(=O)(CC)CO[C@H](CF)Cn1cnc2c(Sc3ccc(OC)cc3)nc(N)nc21. The molecule has 0 amide bonds. The zero-order chi connectivity index (χ0) is 22.4. The summed E-state index contributed by atoms with van der Waals surface area (Å²) in [6.45, 7) is 3.21. The fourth-order valence-electron chi connectivity index (χ4n) is 2.91. The van der Waals surface area contributed by atoms with Crippen molar-refractivity contribution in [2.75, 3.05) is 38.2 Å². The minimum atomic E-state index is -2.42. The third-order valence-electron chi connectivity index (χ3n) is 4.99. The first-order valence-electron chi connectivity index (χ1n) is 9.96. The average Bonchev–Trinajstić information content (AvgIpc) is 3.19. The van der Waals surface area contributed by atoms with Crippen molar-refractivity contribution in [2.45, 2.75) is 36.4 Å². The summed E-state index contributed by atoms with van der Waals surface area (Å²) in [4.78, 5) is 14.0. The van der Waals surface area contributed by atoms with Gasteiger partial charge in [-0.25, -0.2) is 14.4 Å². The summed E-state index contributed by atoms with van der Waals surface area (Å²) < 4.78 is 38.7. The van der Waals surface area contributed by atoms with E-state index in [1.54, 1.807) is 18.0 Å². The van der Waals surface area contributed by atoms with Crippen molar-refractivity contribution in [1.82, 2.24) is 19.5 Å². The number of fused-ring (bicyclic) bond motifs is 1. The van der Waals surface area contributed by atoms with Gasteiger partial charge >= 0.3 is 0 Å². The Hall–Kier alpha value is -2.16. The molecule has 0 saturated carbocycles. The molecule has 1 atom stereocenters. The van der Waals surface area contributed by atoms with Crippen LogP contribution in [0.5, 0.6) is 5.75 Å². The van der Waals surface area contributed by atoms with Crippen LogP contribution >= 0.6 is 18.9 Å². The number of hydrogen-bond acceptors (Lipinski definition) is 8. The van der Waals surface area contributed by atoms with Crippen LogP contribution in [0.2, 0.25) is 0 Å². The number of halogens is 1. The average molecular weight is 468 g/mol. The Morgan fingerprint density at radius 1 is 1.23 bits per heavy atom. The highest BCUT2D eigenvalue weighted by Gasteiger charge is 2.22. The minimum Gasteiger partial charge on any atom is -0.497 e. The normalized spacial score (nSPS) is 12.9. The molecule has 0 aliphatic carbocycles. The van der Waals surface area contributed by atoms with Crippen LogP contribution in [0.4, 0.5) is 10.3 Å². The van der Waals surface area contributed by atoms with Gasteiger partial charge in [0.2, 0.25) is 5.95 Å². The number of aromatic nitrogens is 4. The van der Waals surface area contributed by atoms with E-state index in [1.807, 2.05) is 38.1 Å². The summed E-state index contributed by atoms with van der Waals surface area (Å²) in [6.07, 6.45) is 1.95. The van der Waals surface area contributed by atoms with Crippen molar-refractivity contribution in [3.63, 3.8) is 0 Å². The lowest BCUT2D eigenvalue weighted by atomic mass is 10.3. The number of nitrogens with zero attached hydrogens (tertiary/aromatic N) is 4. The van der Waals surface area contributed by atoms with E-state index in [0.29, 0.717) is 28.5 Å². The molecule has 3 rings (SSSR count). The Balaban J connectivity index is 1.81. The summed E-state index contributed by atoms with van der Waals surface area (Å²) in [5.41, 5.74) is 7.00. The van der Waals surface area contributed by atoms with Gasteiger partial charge in [0.05, 0.1) is 20.0 Å². The molecule has 3 aromatic rings. The van der Waals surface area contributed by atoms with Gasteiger partial charge < -0.3 is 24.3 Å².